The number of carbonyl (C=O) groups is 3. The van der Waals surface area contributed by atoms with Crippen molar-refractivity contribution in [2.45, 2.75) is 33.1 Å². The molecule has 21 heavy (non-hydrogen) atoms. The first kappa shape index (κ1) is 13.5. The van der Waals surface area contributed by atoms with E-state index in [9.17, 15) is 14.4 Å². The van der Waals surface area contributed by atoms with Crippen molar-refractivity contribution < 1.29 is 15.8 Å². The third-order valence-electron chi connectivity index (χ3n) is 3.01. The number of amides is 3. The van der Waals surface area contributed by atoms with E-state index in [1.54, 1.807) is 0 Å². The molecule has 2 N–H and O–H groups in total. The van der Waals surface area contributed by atoms with Crippen LogP contribution in [-0.2, 0) is 19.8 Å². The molecule has 2 heterocycles. The molecule has 1 saturated heterocycles. The summed E-state index contributed by atoms with van der Waals surface area (Å²) in [6.45, 7) is 6.64. The number of rotatable bonds is 1. The summed E-state index contributed by atoms with van der Waals surface area (Å²) in [6.07, 6.45) is 1.43. The number of imide groups is 1. The highest BCUT2D eigenvalue weighted by Crippen LogP contribution is 2.24. The highest BCUT2D eigenvalue weighted by atomic mass is 16.2. The molecule has 3 amide bonds. The van der Waals surface area contributed by atoms with Crippen molar-refractivity contribution in [3.63, 3.8) is 0 Å². The predicted molar refractivity (Wildman–Crippen MR) is 75.8 cm³/mol. The minimum atomic E-state index is -0.688. The zero-order valence-electron chi connectivity index (χ0n) is 13.4. The van der Waals surface area contributed by atoms with Crippen LogP contribution in [0, 0.1) is 0 Å². The van der Waals surface area contributed by atoms with Gasteiger partial charge in [0.2, 0.25) is 11.8 Å². The van der Waals surface area contributed by atoms with Gasteiger partial charge in [-0.15, -0.1) is 0 Å². The Bertz CT molecular complexity index is 685. The predicted octanol–water partition coefficient (Wildman–Crippen LogP) is 0.553. The molecule has 0 bridgehead atoms. The van der Waals surface area contributed by atoms with Gasteiger partial charge in [-0.2, -0.15) is 0 Å². The van der Waals surface area contributed by atoms with Gasteiger partial charge in [-0.1, -0.05) is 20.8 Å². The number of carbonyl (C=O) groups excluding carboxylic acids is 3. The largest absolute Gasteiger partial charge is 0.345 e. The minimum Gasteiger partial charge on any atom is -0.345 e. The van der Waals surface area contributed by atoms with Crippen LogP contribution in [0.15, 0.2) is 12.0 Å². The molecule has 7 nitrogen and oxygen atoms in total. The first-order valence-corrected chi connectivity index (χ1v) is 6.50. The van der Waals surface area contributed by atoms with Crippen LogP contribution in [0.4, 0.5) is 0 Å². The lowest BCUT2D eigenvalue weighted by atomic mass is 9.90. The number of aromatic amines is 1. The Morgan fingerprint density at radius 2 is 2.14 bits per heavy atom. The lowest BCUT2D eigenvalue weighted by Gasteiger charge is -2.25. The average Bonchev–Trinajstić information content (AvgIpc) is 2.89. The fraction of sp³-hybridized carbons (Fsp3) is 0.429. The quantitative estimate of drug-likeness (QED) is 0.739. The summed E-state index contributed by atoms with van der Waals surface area (Å²) in [7, 11) is 0. The Kier molecular flexibility index (Phi) is 3.32. The van der Waals surface area contributed by atoms with E-state index < -0.39 is 17.7 Å². The van der Waals surface area contributed by atoms with Crippen molar-refractivity contribution in [3.8, 4) is 0 Å². The van der Waals surface area contributed by atoms with E-state index in [-0.39, 0.29) is 23.7 Å². The number of H-pyrrole nitrogens is 1. The van der Waals surface area contributed by atoms with E-state index in [2.05, 4.69) is 15.3 Å². The molecule has 2 rings (SSSR count). The van der Waals surface area contributed by atoms with Gasteiger partial charge >= 0.3 is 0 Å². The molecule has 112 valence electrons. The number of piperazine rings is 1. The van der Waals surface area contributed by atoms with Gasteiger partial charge in [-0.3, -0.25) is 19.3 Å². The summed E-state index contributed by atoms with van der Waals surface area (Å²) in [5.41, 5.74) is 0.388. The smallest absolute Gasteiger partial charge is 0.277 e. The third kappa shape index (κ3) is 3.01. The summed E-state index contributed by atoms with van der Waals surface area (Å²) in [4.78, 5) is 43.3. The molecule has 0 atom stereocenters. The van der Waals surface area contributed by atoms with Crippen molar-refractivity contribution in [3.05, 3.63) is 23.4 Å². The van der Waals surface area contributed by atoms with E-state index in [1.807, 2.05) is 20.8 Å². The molecule has 7 heteroatoms. The second kappa shape index (κ2) is 5.16. The molecule has 1 aromatic rings. The maximum absolute atomic E-state index is 12.3. The summed E-state index contributed by atoms with van der Waals surface area (Å²) in [5, 5.41) is 2.38. The monoisotopic (exact) mass is 291 g/mol. The number of nitrogens with zero attached hydrogens (tertiary/aromatic N) is 2. The number of hydrogen-bond acceptors (Lipinski definition) is 4. The third-order valence-corrected chi connectivity index (χ3v) is 3.01. The maximum Gasteiger partial charge on any atom is 0.277 e. The topological polar surface area (TPSA) is 95.2 Å². The number of hydrogen-bond donors (Lipinski definition) is 2. The van der Waals surface area contributed by atoms with Crippen LogP contribution in [0.25, 0.3) is 6.05 Å². The Morgan fingerprint density at radius 1 is 1.48 bits per heavy atom. The molecule has 0 radical (unpaired) electrons. The van der Waals surface area contributed by atoms with E-state index in [0.717, 1.165) is 4.90 Å². The minimum absolute atomic E-state index is 0.188. The summed E-state index contributed by atoms with van der Waals surface area (Å²) in [5.74, 6) is -1.73. The zero-order valence-corrected chi connectivity index (χ0v) is 12.4. The van der Waals surface area contributed by atoms with Crippen LogP contribution in [0.1, 0.15) is 40.5 Å². The number of nitrogens with one attached hydrogen (secondary N) is 2. The molecule has 0 aliphatic carbocycles. The van der Waals surface area contributed by atoms with Gasteiger partial charge in [-0.25, -0.2) is 4.98 Å². The zero-order chi connectivity index (χ0) is 16.7. The van der Waals surface area contributed by atoms with Gasteiger partial charge in [-0.05, 0) is 6.05 Å². The van der Waals surface area contributed by atoms with Gasteiger partial charge < -0.3 is 10.3 Å². The van der Waals surface area contributed by atoms with Gasteiger partial charge in [0, 0.05) is 12.3 Å². The molecular weight excluding hydrogens is 272 g/mol. The number of imidazole rings is 1. The van der Waals surface area contributed by atoms with Gasteiger partial charge in [0.05, 0.1) is 19.1 Å². The molecule has 1 aromatic heterocycles. The standard InChI is InChI=1S/C14H18N4O3/c1-8(19)18-6-11(20)17-10(13(18)21)5-9-12(14(2,3)4)16-7-15-9/h5,7H,6H2,1-4H3,(H,15,16)(H,17,20)/b10-5-/i5D. The van der Waals surface area contributed by atoms with E-state index in [1.165, 1.54) is 13.3 Å². The van der Waals surface area contributed by atoms with Crippen LogP contribution in [0.5, 0.6) is 0 Å². The van der Waals surface area contributed by atoms with Crippen LogP contribution >= 0.6 is 0 Å². The highest BCUT2D eigenvalue weighted by Gasteiger charge is 2.31. The van der Waals surface area contributed by atoms with Gasteiger partial charge in [0.1, 0.15) is 12.2 Å². The Hall–Kier alpha value is -2.44. The van der Waals surface area contributed by atoms with Crippen molar-refractivity contribution >= 4 is 23.8 Å². The maximum atomic E-state index is 12.3. The fourth-order valence-corrected chi connectivity index (χ4v) is 2.01. The summed E-state index contributed by atoms with van der Waals surface area (Å²) in [6, 6.07) is -0.188. The molecule has 0 saturated carbocycles. The van der Waals surface area contributed by atoms with Crippen molar-refractivity contribution in [1.82, 2.24) is 20.2 Å². The molecule has 1 aliphatic rings. The molecule has 0 unspecified atom stereocenters. The Morgan fingerprint density at radius 3 is 2.71 bits per heavy atom. The molecule has 0 aromatic carbocycles. The highest BCUT2D eigenvalue weighted by molar-refractivity contribution is 6.12. The first-order valence-electron chi connectivity index (χ1n) is 7.00. The molecular formula is C14H18N4O3. The van der Waals surface area contributed by atoms with Crippen LogP contribution in [0.2, 0.25) is 0 Å². The van der Waals surface area contributed by atoms with E-state index in [4.69, 9.17) is 1.37 Å². The molecule has 1 fully saturated rings. The summed E-state index contributed by atoms with van der Waals surface area (Å²) >= 11 is 0. The summed E-state index contributed by atoms with van der Waals surface area (Å²) < 4.78 is 8.23. The van der Waals surface area contributed by atoms with Crippen molar-refractivity contribution in [1.29, 1.82) is 0 Å². The van der Waals surface area contributed by atoms with Gasteiger partial charge in [0.25, 0.3) is 5.91 Å². The van der Waals surface area contributed by atoms with Crippen LogP contribution in [0.3, 0.4) is 0 Å². The fourth-order valence-electron chi connectivity index (χ4n) is 2.01. The lowest BCUT2D eigenvalue weighted by Crippen LogP contribution is -2.51. The van der Waals surface area contributed by atoms with E-state index in [0.29, 0.717) is 11.4 Å². The average molecular weight is 291 g/mol. The normalized spacial score (nSPS) is 19.2. The Labute approximate surface area is 123 Å². The molecule has 0 spiro atoms. The Balaban J connectivity index is 2.53. The lowest BCUT2D eigenvalue weighted by molar-refractivity contribution is -0.147. The SMILES string of the molecule is [2H]/C(=C1/NC(=O)CN(C(C)=O)C1=O)c1[nH]cnc1C(C)(C)C. The van der Waals surface area contributed by atoms with Crippen molar-refractivity contribution in [2.24, 2.45) is 0 Å². The first-order chi connectivity index (χ1) is 10.1. The second-order valence-corrected chi connectivity index (χ2v) is 5.83. The van der Waals surface area contributed by atoms with E-state index >= 15 is 0 Å². The van der Waals surface area contributed by atoms with Crippen molar-refractivity contribution in [2.75, 3.05) is 6.54 Å². The second-order valence-electron chi connectivity index (χ2n) is 5.83. The molecule has 1 aliphatic heterocycles. The van der Waals surface area contributed by atoms with Crippen LogP contribution < -0.4 is 5.32 Å². The van der Waals surface area contributed by atoms with Gasteiger partial charge in [0.15, 0.2) is 0 Å². The van der Waals surface area contributed by atoms with Crippen LogP contribution in [-0.4, -0.2) is 39.1 Å². The number of aromatic nitrogens is 2.